The molecule has 0 spiro atoms. The first-order chi connectivity index (χ1) is 15.9. The van der Waals surface area contributed by atoms with Crippen LogP contribution in [-0.4, -0.2) is 66.9 Å². The summed E-state index contributed by atoms with van der Waals surface area (Å²) in [6.07, 6.45) is 3.63. The number of anilines is 2. The number of fused-ring (bicyclic) bond motifs is 1. The summed E-state index contributed by atoms with van der Waals surface area (Å²) in [5.74, 6) is 0.0754. The van der Waals surface area contributed by atoms with Crippen molar-refractivity contribution in [1.82, 2.24) is 25.3 Å². The van der Waals surface area contributed by atoms with Crippen LogP contribution in [0.2, 0.25) is 0 Å². The average molecular weight is 470 g/mol. The molecule has 0 aromatic carbocycles. The van der Waals surface area contributed by atoms with Crippen LogP contribution < -0.4 is 16.0 Å². The van der Waals surface area contributed by atoms with Gasteiger partial charge in [-0.15, -0.1) is 11.3 Å². The van der Waals surface area contributed by atoms with E-state index < -0.39 is 24.2 Å². The summed E-state index contributed by atoms with van der Waals surface area (Å²) in [5, 5.41) is 31.3. The molecule has 10 nitrogen and oxygen atoms in total. The number of nitrogens with one attached hydrogen (secondary N) is 3. The van der Waals surface area contributed by atoms with Gasteiger partial charge < -0.3 is 26.2 Å². The smallest absolute Gasteiger partial charge is 0.225 e. The fraction of sp³-hybridized carbons (Fsp3) is 0.500. The van der Waals surface area contributed by atoms with Crippen LogP contribution in [0.1, 0.15) is 31.9 Å². The normalized spacial score (nSPS) is 24.7. The number of nitrogens with zero attached hydrogens (tertiary/aromatic N) is 4. The molecule has 2 fully saturated rings. The fourth-order valence-corrected chi connectivity index (χ4v) is 5.24. The first kappa shape index (κ1) is 21.9. The molecule has 3 aromatic heterocycles. The van der Waals surface area contributed by atoms with Crippen molar-refractivity contribution in [2.24, 2.45) is 5.92 Å². The van der Waals surface area contributed by atoms with E-state index in [0.29, 0.717) is 24.4 Å². The van der Waals surface area contributed by atoms with Crippen molar-refractivity contribution < 1.29 is 15.0 Å². The molecule has 0 radical (unpaired) electrons. The molecule has 5 N–H and O–H groups in total. The summed E-state index contributed by atoms with van der Waals surface area (Å²) in [7, 11) is 0. The summed E-state index contributed by atoms with van der Waals surface area (Å²) in [4.78, 5) is 30.6. The van der Waals surface area contributed by atoms with Crippen molar-refractivity contribution in [3.05, 3.63) is 24.2 Å². The summed E-state index contributed by atoms with van der Waals surface area (Å²) in [6, 6.07) is 1.74. The minimum absolute atomic E-state index is 0.262. The Hall–Kier alpha value is -2.89. The van der Waals surface area contributed by atoms with Crippen LogP contribution in [0.3, 0.4) is 0 Å². The molecule has 33 heavy (non-hydrogen) atoms. The molecule has 2 aliphatic rings. The average Bonchev–Trinajstić information content (AvgIpc) is 3.42. The van der Waals surface area contributed by atoms with Gasteiger partial charge in [-0.2, -0.15) is 4.98 Å². The highest BCUT2D eigenvalue weighted by molar-refractivity contribution is 7.21. The van der Waals surface area contributed by atoms with E-state index in [1.54, 1.807) is 12.4 Å². The summed E-state index contributed by atoms with van der Waals surface area (Å²) < 4.78 is 0.998. The maximum atomic E-state index is 12.4. The summed E-state index contributed by atoms with van der Waals surface area (Å²) in [6.45, 7) is 4.19. The van der Waals surface area contributed by atoms with Gasteiger partial charge in [0.25, 0.3) is 0 Å². The van der Waals surface area contributed by atoms with Crippen molar-refractivity contribution in [2.75, 3.05) is 17.2 Å². The number of rotatable bonds is 7. The van der Waals surface area contributed by atoms with Gasteiger partial charge in [0.05, 0.1) is 40.2 Å². The Kier molecular flexibility index (Phi) is 5.85. The lowest BCUT2D eigenvalue weighted by atomic mass is 10.0. The van der Waals surface area contributed by atoms with Crippen LogP contribution >= 0.6 is 11.3 Å². The van der Waals surface area contributed by atoms with Gasteiger partial charge in [0.2, 0.25) is 11.9 Å². The van der Waals surface area contributed by atoms with E-state index in [9.17, 15) is 15.0 Å². The molecule has 3 heterocycles. The Bertz CT molecular complexity index is 1150. The van der Waals surface area contributed by atoms with Gasteiger partial charge in [0.1, 0.15) is 22.4 Å². The highest BCUT2D eigenvalue weighted by atomic mass is 32.1. The largest absolute Gasteiger partial charge is 0.390 e. The van der Waals surface area contributed by atoms with E-state index in [1.165, 1.54) is 11.3 Å². The molecular weight excluding hydrogens is 442 g/mol. The minimum Gasteiger partial charge on any atom is -0.390 e. The highest BCUT2D eigenvalue weighted by Crippen LogP contribution is 2.38. The Morgan fingerprint density at radius 2 is 2.00 bits per heavy atom. The quantitative estimate of drug-likeness (QED) is 0.349. The monoisotopic (exact) mass is 469 g/mol. The highest BCUT2D eigenvalue weighted by Gasteiger charge is 2.45. The Morgan fingerprint density at radius 3 is 2.73 bits per heavy atom. The number of aliphatic hydroxyl groups is 2. The van der Waals surface area contributed by atoms with Crippen LogP contribution in [0.15, 0.2) is 18.5 Å². The second-order valence-electron chi connectivity index (χ2n) is 8.61. The molecule has 174 valence electrons. The molecule has 11 heteroatoms. The summed E-state index contributed by atoms with van der Waals surface area (Å²) in [5.41, 5.74) is 2.27. The maximum absolute atomic E-state index is 12.4. The fourth-order valence-electron chi connectivity index (χ4n) is 4.21. The number of thiazole rings is 1. The Labute approximate surface area is 194 Å². The lowest BCUT2D eigenvalue weighted by Crippen LogP contribution is -2.39. The van der Waals surface area contributed by atoms with Crippen LogP contribution in [0.5, 0.6) is 0 Å². The van der Waals surface area contributed by atoms with E-state index in [0.717, 1.165) is 39.3 Å². The Morgan fingerprint density at radius 1 is 1.18 bits per heavy atom. The molecule has 4 atom stereocenters. The van der Waals surface area contributed by atoms with Crippen LogP contribution in [0.4, 0.5) is 11.8 Å². The predicted octanol–water partition coefficient (Wildman–Crippen LogP) is 1.69. The molecule has 5 rings (SSSR count). The van der Waals surface area contributed by atoms with Crippen molar-refractivity contribution in [1.29, 1.82) is 0 Å². The SMILES string of the molecule is CCNC(=O)C1CC(Nc2nc(NC3CC3)nc(C)c2-c2nc3cnccc3s2)C(O)C1O. The van der Waals surface area contributed by atoms with Gasteiger partial charge in [0.15, 0.2) is 0 Å². The molecule has 2 saturated carbocycles. The van der Waals surface area contributed by atoms with E-state index in [1.807, 2.05) is 19.9 Å². The number of amides is 1. The van der Waals surface area contributed by atoms with E-state index >= 15 is 0 Å². The third-order valence-corrected chi connectivity index (χ3v) is 7.15. The zero-order valence-corrected chi connectivity index (χ0v) is 19.3. The number of carbonyl (C=O) groups excluding carboxylic acids is 1. The number of pyridine rings is 1. The van der Waals surface area contributed by atoms with Gasteiger partial charge in [-0.25, -0.2) is 9.97 Å². The molecule has 1 amide bonds. The van der Waals surface area contributed by atoms with E-state index in [4.69, 9.17) is 9.97 Å². The van der Waals surface area contributed by atoms with Crippen LogP contribution in [0, 0.1) is 12.8 Å². The lowest BCUT2D eigenvalue weighted by Gasteiger charge is -2.21. The van der Waals surface area contributed by atoms with Gasteiger partial charge >= 0.3 is 0 Å². The minimum atomic E-state index is -1.15. The lowest BCUT2D eigenvalue weighted by molar-refractivity contribution is -0.128. The molecule has 0 saturated heterocycles. The van der Waals surface area contributed by atoms with Gasteiger partial charge in [0, 0.05) is 18.8 Å². The van der Waals surface area contributed by atoms with Gasteiger partial charge in [-0.3, -0.25) is 9.78 Å². The zero-order valence-electron chi connectivity index (χ0n) is 18.4. The number of aromatic nitrogens is 4. The number of carbonyl (C=O) groups is 1. The number of aliphatic hydroxyl groups excluding tert-OH is 2. The molecule has 4 unspecified atom stereocenters. The molecule has 2 aliphatic carbocycles. The van der Waals surface area contributed by atoms with Crippen molar-refractivity contribution in [2.45, 2.75) is 57.4 Å². The predicted molar refractivity (Wildman–Crippen MR) is 126 cm³/mol. The molecule has 3 aromatic rings. The molecule has 0 bridgehead atoms. The van der Waals surface area contributed by atoms with Crippen molar-refractivity contribution >= 4 is 39.2 Å². The van der Waals surface area contributed by atoms with Gasteiger partial charge in [-0.05, 0) is 39.2 Å². The van der Waals surface area contributed by atoms with E-state index in [-0.39, 0.29) is 12.3 Å². The van der Waals surface area contributed by atoms with Crippen molar-refractivity contribution in [3.8, 4) is 10.6 Å². The Balaban J connectivity index is 1.50. The van der Waals surface area contributed by atoms with E-state index in [2.05, 4.69) is 25.9 Å². The van der Waals surface area contributed by atoms with Crippen LogP contribution in [-0.2, 0) is 4.79 Å². The van der Waals surface area contributed by atoms with Crippen molar-refractivity contribution in [3.63, 3.8) is 0 Å². The number of hydrogen-bond acceptors (Lipinski definition) is 10. The first-order valence-corrected chi connectivity index (χ1v) is 12.0. The maximum Gasteiger partial charge on any atom is 0.225 e. The zero-order chi connectivity index (χ0) is 23.1. The number of aryl methyl sites for hydroxylation is 1. The van der Waals surface area contributed by atoms with Gasteiger partial charge in [-0.1, -0.05) is 0 Å². The standard InChI is InChI=1S/C22H27N7O3S/c1-3-24-20(32)12-8-13(18(31)17(12)30)27-19-16(10(2)25-22(29-19)26-11-4-5-11)21-28-14-9-23-7-6-15(14)33-21/h6-7,9,11-13,17-18,30-31H,3-5,8H2,1-2H3,(H,24,32)(H2,25,26,27,29). The molecule has 0 aliphatic heterocycles. The second-order valence-corrected chi connectivity index (χ2v) is 9.64. The second kappa shape index (κ2) is 8.81. The number of hydrogen-bond donors (Lipinski definition) is 5. The first-order valence-electron chi connectivity index (χ1n) is 11.2. The van der Waals surface area contributed by atoms with Crippen LogP contribution in [0.25, 0.3) is 20.8 Å². The third kappa shape index (κ3) is 4.35. The summed E-state index contributed by atoms with van der Waals surface area (Å²) >= 11 is 1.51. The third-order valence-electron chi connectivity index (χ3n) is 6.10. The topological polar surface area (TPSA) is 145 Å². The molecular formula is C22H27N7O3S.